The Morgan fingerprint density at radius 2 is 1.83 bits per heavy atom. The maximum atomic E-state index is 14.1. The number of halogens is 1. The first kappa shape index (κ1) is 28.0. The molecule has 3 aliphatic heterocycles. The highest BCUT2D eigenvalue weighted by molar-refractivity contribution is 7.92. The molecule has 6 rings (SSSR count). The second-order valence-corrected chi connectivity index (χ2v) is 13.5. The molecule has 0 aliphatic carbocycles. The summed E-state index contributed by atoms with van der Waals surface area (Å²) in [7, 11) is -3.60. The van der Waals surface area contributed by atoms with Gasteiger partial charge in [0.15, 0.2) is 5.65 Å². The molecule has 13 heteroatoms. The third-order valence-corrected chi connectivity index (χ3v) is 8.83. The second kappa shape index (κ2) is 11.3. The Kier molecular flexibility index (Phi) is 7.73. The number of nitrogens with zero attached hydrogens (tertiary/aromatic N) is 6. The lowest BCUT2D eigenvalue weighted by atomic mass is 10.0. The summed E-state index contributed by atoms with van der Waals surface area (Å²) in [6.45, 7) is 7.56. The van der Waals surface area contributed by atoms with Crippen LogP contribution in [0.4, 0.5) is 17.3 Å². The number of carbonyl (C=O) groups excluding carboxylic acids is 1. The van der Waals surface area contributed by atoms with Gasteiger partial charge in [0, 0.05) is 49.9 Å². The molecule has 11 nitrogen and oxygen atoms in total. The summed E-state index contributed by atoms with van der Waals surface area (Å²) in [5, 5.41) is 5.42. The van der Waals surface area contributed by atoms with Crippen molar-refractivity contribution in [1.82, 2.24) is 19.5 Å². The molecule has 0 bridgehead atoms. The first-order valence-electron chi connectivity index (χ1n) is 14.2. The number of rotatable bonds is 6. The number of anilines is 3. The fourth-order valence-electron chi connectivity index (χ4n) is 5.99. The van der Waals surface area contributed by atoms with Crippen molar-refractivity contribution in [3.05, 3.63) is 46.6 Å². The number of benzene rings is 1. The van der Waals surface area contributed by atoms with Crippen LogP contribution >= 0.6 is 11.6 Å². The van der Waals surface area contributed by atoms with Crippen molar-refractivity contribution in [3.63, 3.8) is 0 Å². The average molecular weight is 602 g/mol. The van der Waals surface area contributed by atoms with Gasteiger partial charge >= 0.3 is 0 Å². The van der Waals surface area contributed by atoms with Crippen LogP contribution in [0.25, 0.3) is 5.65 Å². The van der Waals surface area contributed by atoms with Crippen molar-refractivity contribution in [2.75, 3.05) is 66.7 Å². The number of morpholine rings is 1. The Labute approximate surface area is 245 Å². The van der Waals surface area contributed by atoms with E-state index in [-0.39, 0.29) is 23.2 Å². The van der Waals surface area contributed by atoms with Gasteiger partial charge in [0.05, 0.1) is 42.5 Å². The lowest BCUT2D eigenvalue weighted by Gasteiger charge is -2.39. The Hall–Kier alpha value is -3.09. The van der Waals surface area contributed by atoms with Crippen molar-refractivity contribution in [2.24, 2.45) is 5.92 Å². The molecule has 1 unspecified atom stereocenters. The number of ether oxygens (including phenoxy) is 1. The van der Waals surface area contributed by atoms with Crippen LogP contribution in [0.1, 0.15) is 54.7 Å². The lowest BCUT2D eigenvalue weighted by Crippen LogP contribution is -2.46. The molecule has 220 valence electrons. The summed E-state index contributed by atoms with van der Waals surface area (Å²) in [5.74, 6) is 2.27. The normalized spacial score (nSPS) is 20.7. The largest absolute Gasteiger partial charge is 0.378 e. The van der Waals surface area contributed by atoms with Crippen LogP contribution in [0.15, 0.2) is 30.3 Å². The Morgan fingerprint density at radius 1 is 1.05 bits per heavy atom. The van der Waals surface area contributed by atoms with Crippen molar-refractivity contribution in [2.45, 2.75) is 38.6 Å². The molecule has 5 heterocycles. The van der Waals surface area contributed by atoms with E-state index in [0.29, 0.717) is 30.7 Å². The zero-order valence-electron chi connectivity index (χ0n) is 23.4. The number of hydrogen-bond donors (Lipinski definition) is 1. The van der Waals surface area contributed by atoms with Gasteiger partial charge in [0.1, 0.15) is 11.6 Å². The van der Waals surface area contributed by atoms with Gasteiger partial charge in [-0.05, 0) is 37.0 Å². The van der Waals surface area contributed by atoms with E-state index in [9.17, 15) is 13.2 Å². The Bertz CT molecular complexity index is 1550. The van der Waals surface area contributed by atoms with Crippen molar-refractivity contribution < 1.29 is 17.9 Å². The van der Waals surface area contributed by atoms with E-state index in [1.165, 1.54) is 12.1 Å². The van der Waals surface area contributed by atoms with Crippen LogP contribution in [0.3, 0.4) is 0 Å². The highest BCUT2D eigenvalue weighted by Crippen LogP contribution is 2.35. The average Bonchev–Trinajstić information content (AvgIpc) is 3.20. The lowest BCUT2D eigenvalue weighted by molar-refractivity contribution is 0.0678. The Morgan fingerprint density at radius 3 is 2.56 bits per heavy atom. The van der Waals surface area contributed by atoms with Gasteiger partial charge in [-0.3, -0.25) is 9.52 Å². The highest BCUT2D eigenvalue weighted by Gasteiger charge is 2.33. The third-order valence-electron chi connectivity index (χ3n) is 8.00. The number of likely N-dealkylation sites (tertiary alicyclic amines) is 1. The SMILES string of the molecule is CC1CN(c2cc(N3CCOCC3)n3nc(C4CCCCCN4C(=O)c4cc(Cl)ccc4NS(C)(=O)=O)cc3n2)C1. The van der Waals surface area contributed by atoms with E-state index >= 15 is 0 Å². The number of nitrogens with one attached hydrogen (secondary N) is 1. The highest BCUT2D eigenvalue weighted by atomic mass is 35.5. The van der Waals surface area contributed by atoms with Gasteiger partial charge in [-0.15, -0.1) is 0 Å². The molecule has 1 aromatic carbocycles. The molecule has 41 heavy (non-hydrogen) atoms. The van der Waals surface area contributed by atoms with Crippen LogP contribution in [-0.4, -0.2) is 86.0 Å². The summed E-state index contributed by atoms with van der Waals surface area (Å²) >= 11 is 6.28. The van der Waals surface area contributed by atoms with Crippen LogP contribution in [-0.2, 0) is 14.8 Å². The quantitative estimate of drug-likeness (QED) is 0.454. The zero-order valence-corrected chi connectivity index (χ0v) is 25.0. The van der Waals surface area contributed by atoms with Gasteiger partial charge in [-0.2, -0.15) is 9.61 Å². The smallest absolute Gasteiger partial charge is 0.256 e. The number of aromatic nitrogens is 3. The van der Waals surface area contributed by atoms with Gasteiger partial charge in [0.25, 0.3) is 5.91 Å². The van der Waals surface area contributed by atoms with Gasteiger partial charge in [-0.25, -0.2) is 13.4 Å². The molecule has 0 spiro atoms. The Balaban J connectivity index is 1.40. The molecule has 1 N–H and O–H groups in total. The van der Waals surface area contributed by atoms with Gasteiger partial charge in [-0.1, -0.05) is 31.4 Å². The van der Waals surface area contributed by atoms with E-state index in [4.69, 9.17) is 26.4 Å². The van der Waals surface area contributed by atoms with E-state index in [2.05, 4.69) is 27.5 Å². The van der Waals surface area contributed by atoms with Crippen molar-refractivity contribution >= 4 is 50.5 Å². The van der Waals surface area contributed by atoms with E-state index in [0.717, 1.165) is 81.1 Å². The van der Waals surface area contributed by atoms with Crippen LogP contribution in [0.5, 0.6) is 0 Å². The number of amides is 1. The first-order valence-corrected chi connectivity index (χ1v) is 16.5. The second-order valence-electron chi connectivity index (χ2n) is 11.3. The summed E-state index contributed by atoms with van der Waals surface area (Å²) in [5.41, 5.74) is 1.96. The van der Waals surface area contributed by atoms with E-state index in [1.54, 1.807) is 6.07 Å². The predicted octanol–water partition coefficient (Wildman–Crippen LogP) is 3.80. The van der Waals surface area contributed by atoms with Gasteiger partial charge < -0.3 is 19.4 Å². The number of hydrogen-bond acceptors (Lipinski definition) is 8. The first-order chi connectivity index (χ1) is 19.7. The minimum atomic E-state index is -3.60. The summed E-state index contributed by atoms with van der Waals surface area (Å²) < 4.78 is 34.1. The molecule has 0 saturated carbocycles. The number of carbonyl (C=O) groups is 1. The molecule has 3 saturated heterocycles. The maximum absolute atomic E-state index is 14.1. The summed E-state index contributed by atoms with van der Waals surface area (Å²) in [4.78, 5) is 25.5. The molecule has 3 aliphatic rings. The number of fused-ring (bicyclic) bond motifs is 1. The standard InChI is InChI=1S/C28H36ClN7O4S/c1-19-17-34(18-19)25-16-27(33-10-12-40-13-11-33)36-26(30-25)15-23(31-36)24-6-4-3-5-9-35(24)28(37)21-14-20(29)7-8-22(21)32-41(2,38)39/h7-8,14-16,19,24,32H,3-6,9-13,17-18H2,1-2H3. The van der Waals surface area contributed by atoms with Crippen molar-refractivity contribution in [1.29, 1.82) is 0 Å². The monoisotopic (exact) mass is 601 g/mol. The molecular formula is C28H36ClN7O4S. The molecule has 3 aromatic rings. The van der Waals surface area contributed by atoms with E-state index < -0.39 is 10.0 Å². The minimum absolute atomic E-state index is 0.213. The van der Waals surface area contributed by atoms with Crippen molar-refractivity contribution in [3.8, 4) is 0 Å². The molecule has 1 atom stereocenters. The zero-order chi connectivity index (χ0) is 28.7. The van der Waals surface area contributed by atoms with Gasteiger partial charge in [0.2, 0.25) is 10.0 Å². The maximum Gasteiger partial charge on any atom is 0.256 e. The molecule has 0 radical (unpaired) electrons. The van der Waals surface area contributed by atoms with E-state index in [1.807, 2.05) is 15.5 Å². The number of sulfonamides is 1. The van der Waals surface area contributed by atoms with Crippen LogP contribution < -0.4 is 14.5 Å². The summed E-state index contributed by atoms with van der Waals surface area (Å²) in [6.07, 6.45) is 4.60. The van der Waals surface area contributed by atoms with Crippen LogP contribution in [0.2, 0.25) is 5.02 Å². The molecule has 1 amide bonds. The molecule has 2 aromatic heterocycles. The molecular weight excluding hydrogens is 566 g/mol. The third kappa shape index (κ3) is 5.96. The predicted molar refractivity (Wildman–Crippen MR) is 160 cm³/mol. The van der Waals surface area contributed by atoms with Crippen LogP contribution in [0, 0.1) is 5.92 Å². The fourth-order valence-corrected chi connectivity index (χ4v) is 6.74. The fraction of sp³-hybridized carbons (Fsp3) is 0.536. The molecule has 3 fully saturated rings. The summed E-state index contributed by atoms with van der Waals surface area (Å²) in [6, 6.07) is 8.46. The minimum Gasteiger partial charge on any atom is -0.378 e. The topological polar surface area (TPSA) is 112 Å².